The van der Waals surface area contributed by atoms with E-state index in [9.17, 15) is 13.2 Å². The highest BCUT2D eigenvalue weighted by molar-refractivity contribution is 6.29. The van der Waals surface area contributed by atoms with Gasteiger partial charge >= 0.3 is 12.3 Å². The molecule has 2 heterocycles. The van der Waals surface area contributed by atoms with E-state index in [2.05, 4.69) is 9.97 Å². The second kappa shape index (κ2) is 9.01. The van der Waals surface area contributed by atoms with Crippen molar-refractivity contribution < 1.29 is 27.5 Å². The molecule has 2 aromatic rings. The van der Waals surface area contributed by atoms with E-state index in [1.807, 2.05) is 6.92 Å². The number of pyridine rings is 1. The molecule has 0 aliphatic heterocycles. The van der Waals surface area contributed by atoms with E-state index in [-0.39, 0.29) is 12.6 Å². The Bertz CT molecular complexity index is 813. The molecular weight excluding hydrogens is 387 g/mol. The van der Waals surface area contributed by atoms with E-state index in [0.717, 1.165) is 13.8 Å². The van der Waals surface area contributed by atoms with Crippen molar-refractivity contribution in [2.45, 2.75) is 39.8 Å². The van der Waals surface area contributed by atoms with Crippen LogP contribution in [-0.2, 0) is 22.4 Å². The number of alkyl halides is 3. The molecule has 2 aromatic heterocycles. The molecule has 0 saturated heterocycles. The second-order valence-electron chi connectivity index (χ2n) is 6.20. The zero-order chi connectivity index (χ0) is 20.8. The SMILES string of the molecule is CCc1ncc(Cl)n1-c1ncc(CC(C)(C)C(F)(F)F)cc1OC.O=C=O. The summed E-state index contributed by atoms with van der Waals surface area (Å²) in [5.74, 6) is 1.44. The molecule has 0 spiro atoms. The largest absolute Gasteiger partial charge is 0.493 e. The molecule has 6 nitrogen and oxygen atoms in total. The number of rotatable bonds is 5. The van der Waals surface area contributed by atoms with Crippen molar-refractivity contribution in [1.82, 2.24) is 14.5 Å². The van der Waals surface area contributed by atoms with Crippen molar-refractivity contribution in [3.63, 3.8) is 0 Å². The highest BCUT2D eigenvalue weighted by Crippen LogP contribution is 2.40. The Balaban J connectivity index is 0.00000114. The van der Waals surface area contributed by atoms with Crippen LogP contribution < -0.4 is 4.74 Å². The Morgan fingerprint density at radius 3 is 2.30 bits per heavy atom. The lowest BCUT2D eigenvalue weighted by Crippen LogP contribution is -2.34. The lowest BCUT2D eigenvalue weighted by atomic mass is 9.85. The molecule has 0 atom stereocenters. The van der Waals surface area contributed by atoms with Crippen LogP contribution in [0.5, 0.6) is 5.75 Å². The Hall–Kier alpha value is -2.38. The van der Waals surface area contributed by atoms with Crippen LogP contribution in [-0.4, -0.2) is 34.0 Å². The van der Waals surface area contributed by atoms with E-state index in [0.29, 0.717) is 34.5 Å². The van der Waals surface area contributed by atoms with Gasteiger partial charge in [0.2, 0.25) is 0 Å². The highest BCUT2D eigenvalue weighted by atomic mass is 35.5. The van der Waals surface area contributed by atoms with Gasteiger partial charge in [-0.1, -0.05) is 32.4 Å². The van der Waals surface area contributed by atoms with Gasteiger partial charge in [0.1, 0.15) is 11.0 Å². The molecule has 27 heavy (non-hydrogen) atoms. The maximum absolute atomic E-state index is 13.1. The van der Waals surface area contributed by atoms with Crippen LogP contribution >= 0.6 is 11.6 Å². The molecule has 0 bridgehead atoms. The van der Waals surface area contributed by atoms with Crippen LogP contribution in [0.25, 0.3) is 5.82 Å². The fraction of sp³-hybridized carbons (Fsp3) is 0.471. The molecule has 0 amide bonds. The Kier molecular flexibility index (Phi) is 7.56. The van der Waals surface area contributed by atoms with Crippen LogP contribution in [0.4, 0.5) is 13.2 Å². The molecule has 148 valence electrons. The van der Waals surface area contributed by atoms with Gasteiger partial charge in [0.05, 0.1) is 18.7 Å². The first kappa shape index (κ1) is 22.7. The summed E-state index contributed by atoms with van der Waals surface area (Å²) in [5, 5.41) is 0.362. The maximum atomic E-state index is 13.1. The number of methoxy groups -OCH3 is 1. The summed E-state index contributed by atoms with van der Waals surface area (Å²) in [6.07, 6.45) is -0.704. The number of halogens is 4. The normalized spacial score (nSPS) is 11.4. The molecule has 2 rings (SSSR count). The third kappa shape index (κ3) is 5.30. The van der Waals surface area contributed by atoms with Crippen molar-refractivity contribution in [1.29, 1.82) is 0 Å². The number of hydrogen-bond acceptors (Lipinski definition) is 5. The molecule has 0 aromatic carbocycles. The van der Waals surface area contributed by atoms with Gasteiger partial charge in [0, 0.05) is 12.6 Å². The van der Waals surface area contributed by atoms with Gasteiger partial charge in [-0.25, -0.2) is 9.97 Å². The fourth-order valence-corrected chi connectivity index (χ4v) is 2.57. The zero-order valence-electron chi connectivity index (χ0n) is 15.2. The van der Waals surface area contributed by atoms with Crippen LogP contribution in [0.1, 0.15) is 32.2 Å². The van der Waals surface area contributed by atoms with Gasteiger partial charge in [-0.05, 0) is 18.1 Å². The van der Waals surface area contributed by atoms with Crippen molar-refractivity contribution >= 4 is 17.8 Å². The van der Waals surface area contributed by atoms with Crippen LogP contribution in [0.3, 0.4) is 0 Å². The average molecular weight is 406 g/mol. The number of nitrogens with zero attached hydrogens (tertiary/aromatic N) is 3. The zero-order valence-corrected chi connectivity index (χ0v) is 16.0. The summed E-state index contributed by atoms with van der Waals surface area (Å²) in [7, 11) is 1.44. The molecule has 0 saturated carbocycles. The van der Waals surface area contributed by atoms with E-state index >= 15 is 0 Å². The van der Waals surface area contributed by atoms with Gasteiger partial charge in [-0.2, -0.15) is 22.8 Å². The predicted molar refractivity (Wildman–Crippen MR) is 90.8 cm³/mol. The van der Waals surface area contributed by atoms with Crippen molar-refractivity contribution in [3.05, 3.63) is 35.0 Å². The number of aromatic nitrogens is 3. The topological polar surface area (TPSA) is 74.1 Å². The Morgan fingerprint density at radius 1 is 1.22 bits per heavy atom. The molecule has 0 N–H and O–H groups in total. The molecule has 0 aliphatic rings. The van der Waals surface area contributed by atoms with Crippen LogP contribution in [0.15, 0.2) is 18.5 Å². The van der Waals surface area contributed by atoms with Crippen molar-refractivity contribution in [2.24, 2.45) is 5.41 Å². The highest BCUT2D eigenvalue weighted by Gasteiger charge is 2.47. The van der Waals surface area contributed by atoms with E-state index in [1.165, 1.54) is 19.5 Å². The fourth-order valence-electron chi connectivity index (χ4n) is 2.34. The summed E-state index contributed by atoms with van der Waals surface area (Å²) < 4.78 is 46.2. The minimum absolute atomic E-state index is 0.196. The van der Waals surface area contributed by atoms with Crippen molar-refractivity contribution in [3.8, 4) is 11.6 Å². The summed E-state index contributed by atoms with van der Waals surface area (Å²) in [6.45, 7) is 4.24. The summed E-state index contributed by atoms with van der Waals surface area (Å²) in [5.41, 5.74) is -1.42. The standard InChI is InChI=1S/C16H19ClF3N3O.CO2/c1-5-13-21-9-12(17)23(13)14-11(24-4)6-10(8-22-14)7-15(2,3)16(18,19)20;2-1-3/h6,8-9H,5,7H2,1-4H3;. The number of carbonyl (C=O) groups excluding carboxylic acids is 2. The summed E-state index contributed by atoms with van der Waals surface area (Å²) in [6, 6.07) is 1.56. The quantitative estimate of drug-likeness (QED) is 0.750. The molecule has 0 radical (unpaired) electrons. The third-order valence-corrected chi connectivity index (χ3v) is 4.11. The summed E-state index contributed by atoms with van der Waals surface area (Å²) in [4.78, 5) is 24.7. The maximum Gasteiger partial charge on any atom is 0.394 e. The average Bonchev–Trinajstić information content (AvgIpc) is 2.94. The Labute approximate surface area is 159 Å². The molecule has 0 aliphatic carbocycles. The van der Waals surface area contributed by atoms with Crippen LogP contribution in [0.2, 0.25) is 5.15 Å². The van der Waals surface area contributed by atoms with Gasteiger partial charge in [-0.3, -0.25) is 4.57 Å². The minimum atomic E-state index is -4.30. The van der Waals surface area contributed by atoms with Gasteiger partial charge in [0.15, 0.2) is 11.6 Å². The van der Waals surface area contributed by atoms with E-state index in [4.69, 9.17) is 25.9 Å². The van der Waals surface area contributed by atoms with E-state index < -0.39 is 11.6 Å². The lowest BCUT2D eigenvalue weighted by molar-refractivity contribution is -0.211. The summed E-state index contributed by atoms with van der Waals surface area (Å²) >= 11 is 6.15. The number of aryl methyl sites for hydroxylation is 1. The second-order valence-corrected chi connectivity index (χ2v) is 6.58. The monoisotopic (exact) mass is 405 g/mol. The first-order valence-electron chi connectivity index (χ1n) is 7.83. The van der Waals surface area contributed by atoms with Gasteiger partial charge < -0.3 is 4.74 Å². The lowest BCUT2D eigenvalue weighted by Gasteiger charge is -2.27. The number of hydrogen-bond donors (Lipinski definition) is 0. The van der Waals surface area contributed by atoms with Crippen molar-refractivity contribution in [2.75, 3.05) is 7.11 Å². The number of imidazole rings is 1. The Morgan fingerprint density at radius 2 is 1.81 bits per heavy atom. The smallest absolute Gasteiger partial charge is 0.394 e. The predicted octanol–water partition coefficient (Wildman–Crippen LogP) is 4.04. The van der Waals surface area contributed by atoms with Gasteiger partial charge in [0.25, 0.3) is 0 Å². The minimum Gasteiger partial charge on any atom is -0.493 e. The molecular formula is C17H19ClF3N3O3. The first-order chi connectivity index (χ1) is 12.5. The van der Waals surface area contributed by atoms with E-state index in [1.54, 1.807) is 10.6 Å². The number of ether oxygens (including phenoxy) is 1. The molecule has 10 heteroatoms. The molecule has 0 unspecified atom stereocenters. The third-order valence-electron chi connectivity index (χ3n) is 3.84. The van der Waals surface area contributed by atoms with Gasteiger partial charge in [-0.15, -0.1) is 0 Å². The van der Waals surface area contributed by atoms with Crippen LogP contribution in [0, 0.1) is 5.41 Å². The first-order valence-corrected chi connectivity index (χ1v) is 8.21. The molecule has 0 fully saturated rings.